The molecule has 3 rings (SSSR count). The van der Waals surface area contributed by atoms with Gasteiger partial charge in [0.05, 0.1) is 24.2 Å². The van der Waals surface area contributed by atoms with Crippen LogP contribution in [0, 0.1) is 0 Å². The van der Waals surface area contributed by atoms with Crippen molar-refractivity contribution in [3.63, 3.8) is 0 Å². The SMILES string of the molecule is CC(O)[C@H](NS(=O)(=O)c1ccc(-c2ccc(CN3CCOCC3)cc2)cc1)C(=O)NO. The highest BCUT2D eigenvalue weighted by Crippen LogP contribution is 2.22. The highest BCUT2D eigenvalue weighted by molar-refractivity contribution is 7.89. The molecule has 0 spiro atoms. The number of hydrogen-bond donors (Lipinski definition) is 4. The maximum Gasteiger partial charge on any atom is 0.264 e. The maximum atomic E-state index is 12.6. The van der Waals surface area contributed by atoms with Gasteiger partial charge < -0.3 is 9.84 Å². The summed E-state index contributed by atoms with van der Waals surface area (Å²) in [5, 5.41) is 18.4. The van der Waals surface area contributed by atoms with E-state index in [-0.39, 0.29) is 4.90 Å². The van der Waals surface area contributed by atoms with E-state index in [4.69, 9.17) is 9.94 Å². The van der Waals surface area contributed by atoms with Crippen molar-refractivity contribution in [1.82, 2.24) is 15.1 Å². The quantitative estimate of drug-likeness (QED) is 0.345. The molecule has 1 aliphatic rings. The number of rotatable bonds is 8. The second-order valence-corrected chi connectivity index (χ2v) is 9.14. The van der Waals surface area contributed by atoms with Gasteiger partial charge in [-0.05, 0) is 35.7 Å². The van der Waals surface area contributed by atoms with Crippen LogP contribution >= 0.6 is 0 Å². The van der Waals surface area contributed by atoms with Crippen molar-refractivity contribution in [3.8, 4) is 11.1 Å². The van der Waals surface area contributed by atoms with Crippen LogP contribution in [0.2, 0.25) is 0 Å². The fraction of sp³-hybridized carbons (Fsp3) is 0.381. The highest BCUT2D eigenvalue weighted by Gasteiger charge is 2.29. The summed E-state index contributed by atoms with van der Waals surface area (Å²) in [6.45, 7) is 5.45. The number of ether oxygens (including phenoxy) is 1. The zero-order valence-corrected chi connectivity index (χ0v) is 18.0. The summed E-state index contributed by atoms with van der Waals surface area (Å²) in [4.78, 5) is 13.9. The Morgan fingerprint density at radius 1 is 1.06 bits per heavy atom. The first-order valence-corrected chi connectivity index (χ1v) is 11.4. The summed E-state index contributed by atoms with van der Waals surface area (Å²) in [6, 6.07) is 12.8. The number of carbonyl (C=O) groups is 1. The van der Waals surface area contributed by atoms with Crippen LogP contribution in [0.3, 0.4) is 0 Å². The van der Waals surface area contributed by atoms with E-state index in [0.29, 0.717) is 0 Å². The smallest absolute Gasteiger partial charge is 0.264 e. The number of nitrogens with zero attached hydrogens (tertiary/aromatic N) is 1. The standard InChI is InChI=1S/C21H27N3O6S/c1-15(25)20(21(26)22-27)23-31(28,29)19-8-6-18(7-9-19)17-4-2-16(3-5-17)14-24-10-12-30-13-11-24/h2-9,15,20,23,25,27H,10-14H2,1H3,(H,22,26)/t15?,20-/m0/s1. The van der Waals surface area contributed by atoms with Gasteiger partial charge in [-0.2, -0.15) is 4.72 Å². The second kappa shape index (κ2) is 10.3. The lowest BCUT2D eigenvalue weighted by Gasteiger charge is -2.26. The number of aliphatic hydroxyl groups excluding tert-OH is 1. The molecule has 0 aliphatic carbocycles. The molecule has 0 aromatic heterocycles. The topological polar surface area (TPSA) is 128 Å². The van der Waals surface area contributed by atoms with E-state index in [0.717, 1.165) is 44.0 Å². The Kier molecular flexibility index (Phi) is 7.76. The molecule has 2 atom stereocenters. The lowest BCUT2D eigenvalue weighted by atomic mass is 10.0. The first-order chi connectivity index (χ1) is 14.8. The van der Waals surface area contributed by atoms with Gasteiger partial charge in [-0.15, -0.1) is 0 Å². The number of hydrogen-bond acceptors (Lipinski definition) is 7. The van der Waals surface area contributed by atoms with Gasteiger partial charge in [-0.1, -0.05) is 36.4 Å². The molecule has 2 aromatic rings. The Labute approximate surface area is 181 Å². The molecule has 1 fully saturated rings. The molecule has 1 aliphatic heterocycles. The Morgan fingerprint density at radius 2 is 1.61 bits per heavy atom. The van der Waals surface area contributed by atoms with Gasteiger partial charge in [0.25, 0.3) is 5.91 Å². The number of aliphatic hydroxyl groups is 1. The molecule has 4 N–H and O–H groups in total. The zero-order valence-electron chi connectivity index (χ0n) is 17.2. The molecule has 1 heterocycles. The van der Waals surface area contributed by atoms with Crippen LogP contribution in [-0.4, -0.2) is 68.0 Å². The molecule has 0 bridgehead atoms. The van der Waals surface area contributed by atoms with Crippen molar-refractivity contribution in [3.05, 3.63) is 54.1 Å². The summed E-state index contributed by atoms with van der Waals surface area (Å²) >= 11 is 0. The van der Waals surface area contributed by atoms with Gasteiger partial charge in [-0.3, -0.25) is 14.9 Å². The molecule has 10 heteroatoms. The van der Waals surface area contributed by atoms with Crippen LogP contribution in [0.1, 0.15) is 12.5 Å². The average Bonchev–Trinajstić information content (AvgIpc) is 2.78. The van der Waals surface area contributed by atoms with Gasteiger partial charge in [0.15, 0.2) is 0 Å². The minimum Gasteiger partial charge on any atom is -0.391 e. The Bertz CT molecular complexity index is 971. The second-order valence-electron chi connectivity index (χ2n) is 7.43. The van der Waals surface area contributed by atoms with E-state index in [9.17, 15) is 18.3 Å². The average molecular weight is 450 g/mol. The summed E-state index contributed by atoms with van der Waals surface area (Å²) in [7, 11) is -4.08. The predicted molar refractivity (Wildman–Crippen MR) is 114 cm³/mol. The number of nitrogens with one attached hydrogen (secondary N) is 2. The minimum atomic E-state index is -4.08. The number of carbonyl (C=O) groups excluding carboxylic acids is 1. The predicted octanol–water partition coefficient (Wildman–Crippen LogP) is 0.719. The lowest BCUT2D eigenvalue weighted by Crippen LogP contribution is -2.51. The van der Waals surface area contributed by atoms with Crippen molar-refractivity contribution >= 4 is 15.9 Å². The van der Waals surface area contributed by atoms with Crippen LogP contribution < -0.4 is 10.2 Å². The Morgan fingerprint density at radius 3 is 2.13 bits per heavy atom. The Hall–Kier alpha value is -2.34. The first kappa shape index (κ1) is 23.3. The van der Waals surface area contributed by atoms with E-state index in [2.05, 4.69) is 21.8 Å². The first-order valence-electron chi connectivity index (χ1n) is 9.94. The van der Waals surface area contributed by atoms with Crippen LogP contribution in [0.5, 0.6) is 0 Å². The molecule has 1 saturated heterocycles. The summed E-state index contributed by atoms with van der Waals surface area (Å²) in [5.41, 5.74) is 4.33. The van der Waals surface area contributed by atoms with E-state index < -0.39 is 28.1 Å². The van der Waals surface area contributed by atoms with Crippen molar-refractivity contribution in [2.75, 3.05) is 26.3 Å². The van der Waals surface area contributed by atoms with Crippen molar-refractivity contribution in [2.24, 2.45) is 0 Å². The molecular weight excluding hydrogens is 422 g/mol. The lowest BCUT2D eigenvalue weighted by molar-refractivity contribution is -0.133. The molecule has 168 valence electrons. The third-order valence-corrected chi connectivity index (χ3v) is 6.58. The molecule has 31 heavy (non-hydrogen) atoms. The van der Waals surface area contributed by atoms with Crippen LogP contribution in [0.15, 0.2) is 53.4 Å². The van der Waals surface area contributed by atoms with Crippen molar-refractivity contribution in [1.29, 1.82) is 0 Å². The number of benzene rings is 2. The Balaban J connectivity index is 1.69. The largest absolute Gasteiger partial charge is 0.391 e. The van der Waals surface area contributed by atoms with E-state index in [1.165, 1.54) is 30.1 Å². The third-order valence-electron chi connectivity index (χ3n) is 5.12. The minimum absolute atomic E-state index is 0.0587. The van der Waals surface area contributed by atoms with Crippen LogP contribution in [0.25, 0.3) is 11.1 Å². The van der Waals surface area contributed by atoms with Gasteiger partial charge in [0.1, 0.15) is 6.04 Å². The van der Waals surface area contributed by atoms with E-state index in [1.54, 1.807) is 12.1 Å². The van der Waals surface area contributed by atoms with E-state index >= 15 is 0 Å². The molecule has 1 unspecified atom stereocenters. The fourth-order valence-electron chi connectivity index (χ4n) is 3.32. The van der Waals surface area contributed by atoms with Gasteiger partial charge >= 0.3 is 0 Å². The van der Waals surface area contributed by atoms with Gasteiger partial charge in [0, 0.05) is 19.6 Å². The molecule has 0 radical (unpaired) electrons. The maximum absolute atomic E-state index is 12.6. The summed E-state index contributed by atoms with van der Waals surface area (Å²) in [5.74, 6) is -1.05. The number of morpholine rings is 1. The molecule has 2 aromatic carbocycles. The monoisotopic (exact) mass is 449 g/mol. The summed E-state index contributed by atoms with van der Waals surface area (Å²) in [6.07, 6.45) is -1.34. The van der Waals surface area contributed by atoms with Gasteiger partial charge in [-0.25, -0.2) is 13.9 Å². The fourth-order valence-corrected chi connectivity index (χ4v) is 4.59. The molecule has 0 saturated carbocycles. The van der Waals surface area contributed by atoms with Gasteiger partial charge in [0.2, 0.25) is 10.0 Å². The molecule has 1 amide bonds. The molecule has 9 nitrogen and oxygen atoms in total. The van der Waals surface area contributed by atoms with Crippen LogP contribution in [-0.2, 0) is 26.1 Å². The summed E-state index contributed by atoms with van der Waals surface area (Å²) < 4.78 is 32.6. The van der Waals surface area contributed by atoms with E-state index in [1.807, 2.05) is 12.1 Å². The zero-order chi connectivity index (χ0) is 22.4. The molecular formula is C21H27N3O6S. The third kappa shape index (κ3) is 6.10. The van der Waals surface area contributed by atoms with Crippen molar-refractivity contribution in [2.45, 2.75) is 30.5 Å². The normalized spacial score (nSPS) is 17.1. The highest BCUT2D eigenvalue weighted by atomic mass is 32.2. The number of hydroxylamine groups is 1. The van der Waals surface area contributed by atoms with Crippen molar-refractivity contribution < 1.29 is 28.3 Å². The number of sulfonamides is 1. The van der Waals surface area contributed by atoms with Crippen LogP contribution in [0.4, 0.5) is 0 Å². The number of amides is 1.